The van der Waals surface area contributed by atoms with Crippen LogP contribution < -0.4 is 4.90 Å². The molecule has 9 heteroatoms. The average Bonchev–Trinajstić information content (AvgIpc) is 2.78. The van der Waals surface area contributed by atoms with E-state index in [2.05, 4.69) is 24.8 Å². The van der Waals surface area contributed by atoms with Crippen molar-refractivity contribution in [3.05, 3.63) is 12.2 Å². The molecule has 2 aromatic rings. The molecule has 0 aliphatic carbocycles. The molecule has 1 saturated heterocycles. The standard InChI is InChI=1S/C11H16N6O2S/c1-8-14-9-10(15-8)12-7-13-11(9)16-3-5-17(6-4-16)20(2,18)19/h7H,3-6H2,1-2H3,(H,12,13,14,15). The summed E-state index contributed by atoms with van der Waals surface area (Å²) in [6.07, 6.45) is 2.73. The van der Waals surface area contributed by atoms with E-state index in [9.17, 15) is 8.42 Å². The summed E-state index contributed by atoms with van der Waals surface area (Å²) in [5.74, 6) is 1.57. The summed E-state index contributed by atoms with van der Waals surface area (Å²) in [4.78, 5) is 17.9. The molecule has 8 nitrogen and oxygen atoms in total. The average molecular weight is 296 g/mol. The molecule has 3 rings (SSSR count). The zero-order valence-electron chi connectivity index (χ0n) is 11.4. The number of hydrogen-bond donors (Lipinski definition) is 1. The highest BCUT2D eigenvalue weighted by molar-refractivity contribution is 7.88. The van der Waals surface area contributed by atoms with Crippen LogP contribution in [-0.2, 0) is 10.0 Å². The molecule has 0 spiro atoms. The van der Waals surface area contributed by atoms with E-state index in [0.717, 1.165) is 17.2 Å². The minimum Gasteiger partial charge on any atom is -0.352 e. The van der Waals surface area contributed by atoms with Crippen molar-refractivity contribution in [1.82, 2.24) is 24.2 Å². The third-order valence-corrected chi connectivity index (χ3v) is 4.70. The minimum absolute atomic E-state index is 0.470. The van der Waals surface area contributed by atoms with Crippen LogP contribution in [0.15, 0.2) is 6.33 Å². The number of anilines is 1. The van der Waals surface area contributed by atoms with Gasteiger partial charge < -0.3 is 9.88 Å². The first-order chi connectivity index (χ1) is 9.45. The first-order valence-electron chi connectivity index (χ1n) is 6.32. The van der Waals surface area contributed by atoms with E-state index in [1.165, 1.54) is 16.9 Å². The molecule has 0 atom stereocenters. The highest BCUT2D eigenvalue weighted by Crippen LogP contribution is 2.22. The molecule has 0 radical (unpaired) electrons. The number of imidazole rings is 1. The van der Waals surface area contributed by atoms with Gasteiger partial charge in [0.25, 0.3) is 0 Å². The molecule has 1 N–H and O–H groups in total. The van der Waals surface area contributed by atoms with Crippen LogP contribution in [0.4, 0.5) is 5.82 Å². The Kier molecular flexibility index (Phi) is 3.09. The van der Waals surface area contributed by atoms with Gasteiger partial charge in [0.15, 0.2) is 11.5 Å². The summed E-state index contributed by atoms with van der Waals surface area (Å²) < 4.78 is 24.5. The van der Waals surface area contributed by atoms with Crippen LogP contribution in [0.2, 0.25) is 0 Å². The van der Waals surface area contributed by atoms with Crippen LogP contribution in [0, 0.1) is 6.92 Å². The molecule has 0 aromatic carbocycles. The lowest BCUT2D eigenvalue weighted by Gasteiger charge is -2.33. The Morgan fingerprint density at radius 3 is 2.55 bits per heavy atom. The third-order valence-electron chi connectivity index (χ3n) is 3.39. The van der Waals surface area contributed by atoms with Crippen molar-refractivity contribution in [2.75, 3.05) is 37.3 Å². The number of rotatable bonds is 2. The molecular weight excluding hydrogens is 280 g/mol. The molecule has 3 heterocycles. The molecule has 0 bridgehead atoms. The predicted molar refractivity (Wildman–Crippen MR) is 75.1 cm³/mol. The molecule has 108 valence electrons. The Morgan fingerprint density at radius 1 is 1.20 bits per heavy atom. The molecule has 0 unspecified atom stereocenters. The third kappa shape index (κ3) is 2.34. The number of fused-ring (bicyclic) bond motifs is 1. The fourth-order valence-electron chi connectivity index (χ4n) is 2.40. The molecule has 1 aliphatic rings. The zero-order valence-corrected chi connectivity index (χ0v) is 12.2. The molecule has 20 heavy (non-hydrogen) atoms. The summed E-state index contributed by atoms with van der Waals surface area (Å²) in [6, 6.07) is 0. The summed E-state index contributed by atoms with van der Waals surface area (Å²) in [5.41, 5.74) is 1.44. The van der Waals surface area contributed by atoms with Crippen LogP contribution >= 0.6 is 0 Å². The van der Waals surface area contributed by atoms with Crippen molar-refractivity contribution in [2.24, 2.45) is 0 Å². The summed E-state index contributed by atoms with van der Waals surface area (Å²) in [6.45, 7) is 4.02. The van der Waals surface area contributed by atoms with E-state index in [1.807, 2.05) is 6.92 Å². The Bertz CT molecular complexity index is 732. The Labute approximate surface area is 116 Å². The Hall–Kier alpha value is -1.74. The SMILES string of the molecule is Cc1nc2ncnc(N3CCN(S(C)(=O)=O)CC3)c2[nH]1. The van der Waals surface area contributed by atoms with Crippen molar-refractivity contribution >= 4 is 27.0 Å². The van der Waals surface area contributed by atoms with Crippen LogP contribution in [0.25, 0.3) is 11.2 Å². The first-order valence-corrected chi connectivity index (χ1v) is 8.17. The largest absolute Gasteiger partial charge is 0.352 e. The number of aromatic amines is 1. The molecular formula is C11H16N6O2S. The summed E-state index contributed by atoms with van der Waals surface area (Å²) in [5, 5.41) is 0. The van der Waals surface area contributed by atoms with E-state index in [4.69, 9.17) is 0 Å². The van der Waals surface area contributed by atoms with Gasteiger partial charge in [-0.05, 0) is 6.92 Å². The lowest BCUT2D eigenvalue weighted by atomic mass is 10.3. The minimum atomic E-state index is -3.12. The van der Waals surface area contributed by atoms with Gasteiger partial charge in [-0.15, -0.1) is 0 Å². The molecule has 2 aromatic heterocycles. The number of aryl methyl sites for hydroxylation is 1. The summed E-state index contributed by atoms with van der Waals surface area (Å²) in [7, 11) is -3.12. The highest BCUT2D eigenvalue weighted by Gasteiger charge is 2.25. The zero-order chi connectivity index (χ0) is 14.3. The second-order valence-corrected chi connectivity index (χ2v) is 6.85. The normalized spacial score (nSPS) is 17.8. The van der Waals surface area contributed by atoms with Gasteiger partial charge in [-0.2, -0.15) is 4.31 Å². The predicted octanol–water partition coefficient (Wildman–Crippen LogP) is -0.257. The van der Waals surface area contributed by atoms with Crippen LogP contribution in [0.3, 0.4) is 0 Å². The second kappa shape index (κ2) is 4.67. The summed E-state index contributed by atoms with van der Waals surface area (Å²) >= 11 is 0. The monoisotopic (exact) mass is 296 g/mol. The van der Waals surface area contributed by atoms with E-state index >= 15 is 0 Å². The number of aromatic nitrogens is 4. The number of piperazine rings is 1. The highest BCUT2D eigenvalue weighted by atomic mass is 32.2. The fraction of sp³-hybridized carbons (Fsp3) is 0.545. The van der Waals surface area contributed by atoms with Gasteiger partial charge in [0, 0.05) is 26.2 Å². The smallest absolute Gasteiger partial charge is 0.211 e. The fourth-order valence-corrected chi connectivity index (χ4v) is 3.23. The number of nitrogens with zero attached hydrogens (tertiary/aromatic N) is 5. The second-order valence-electron chi connectivity index (χ2n) is 4.87. The van der Waals surface area contributed by atoms with Crippen molar-refractivity contribution in [3.63, 3.8) is 0 Å². The van der Waals surface area contributed by atoms with Gasteiger partial charge >= 0.3 is 0 Å². The van der Waals surface area contributed by atoms with Gasteiger partial charge in [-0.25, -0.2) is 23.4 Å². The molecule has 1 aliphatic heterocycles. The van der Waals surface area contributed by atoms with Crippen molar-refractivity contribution in [3.8, 4) is 0 Å². The van der Waals surface area contributed by atoms with Crippen LogP contribution in [-0.4, -0.2) is 65.1 Å². The van der Waals surface area contributed by atoms with Gasteiger partial charge in [0.05, 0.1) is 6.26 Å². The Balaban J connectivity index is 1.87. The number of hydrogen-bond acceptors (Lipinski definition) is 6. The number of sulfonamides is 1. The van der Waals surface area contributed by atoms with Gasteiger partial charge in [-0.3, -0.25) is 0 Å². The van der Waals surface area contributed by atoms with Gasteiger partial charge in [0.1, 0.15) is 17.7 Å². The van der Waals surface area contributed by atoms with Gasteiger partial charge in [-0.1, -0.05) is 0 Å². The van der Waals surface area contributed by atoms with E-state index < -0.39 is 10.0 Å². The number of H-pyrrole nitrogens is 1. The van der Waals surface area contributed by atoms with Gasteiger partial charge in [0.2, 0.25) is 10.0 Å². The van der Waals surface area contributed by atoms with Crippen molar-refractivity contribution in [1.29, 1.82) is 0 Å². The van der Waals surface area contributed by atoms with Crippen LogP contribution in [0.5, 0.6) is 0 Å². The molecule has 0 saturated carbocycles. The number of nitrogens with one attached hydrogen (secondary N) is 1. The maximum Gasteiger partial charge on any atom is 0.211 e. The van der Waals surface area contributed by atoms with E-state index in [0.29, 0.717) is 31.8 Å². The van der Waals surface area contributed by atoms with Crippen LogP contribution in [0.1, 0.15) is 5.82 Å². The quantitative estimate of drug-likeness (QED) is 0.820. The maximum absolute atomic E-state index is 11.5. The first kappa shape index (κ1) is 13.3. The van der Waals surface area contributed by atoms with E-state index in [-0.39, 0.29) is 0 Å². The lowest BCUT2D eigenvalue weighted by Crippen LogP contribution is -2.48. The van der Waals surface area contributed by atoms with E-state index in [1.54, 1.807) is 0 Å². The maximum atomic E-state index is 11.5. The molecule has 0 amide bonds. The Morgan fingerprint density at radius 2 is 1.90 bits per heavy atom. The van der Waals surface area contributed by atoms with Crippen molar-refractivity contribution < 1.29 is 8.42 Å². The topological polar surface area (TPSA) is 95.1 Å². The molecule has 1 fully saturated rings. The lowest BCUT2D eigenvalue weighted by molar-refractivity contribution is 0.387. The van der Waals surface area contributed by atoms with Crippen molar-refractivity contribution in [2.45, 2.75) is 6.92 Å².